The molecular weight excluding hydrogens is 238 g/mol. The zero-order valence-corrected chi connectivity index (χ0v) is 10.8. The van der Waals surface area contributed by atoms with Crippen LogP contribution in [0.15, 0.2) is 47.1 Å². The summed E-state index contributed by atoms with van der Waals surface area (Å²) in [4.78, 5) is 15.6. The van der Waals surface area contributed by atoms with E-state index >= 15 is 0 Å². The quantitative estimate of drug-likeness (QED) is 0.717. The number of rotatable bonds is 4. The standard InChI is InChI=1S/C16H15NO2/c1-11-16(13-6-2-3-7-14(13)17-11)15(18)9-8-12-5-4-10-19-12/h2-7,10,17H,8-9H2,1H3. The summed E-state index contributed by atoms with van der Waals surface area (Å²) in [7, 11) is 0. The smallest absolute Gasteiger partial charge is 0.165 e. The van der Waals surface area contributed by atoms with Crippen LogP contribution >= 0.6 is 0 Å². The predicted molar refractivity (Wildman–Crippen MR) is 74.4 cm³/mol. The first-order valence-corrected chi connectivity index (χ1v) is 6.38. The Bertz CT molecular complexity index is 708. The Morgan fingerprint density at radius 1 is 1.21 bits per heavy atom. The van der Waals surface area contributed by atoms with Gasteiger partial charge in [-0.1, -0.05) is 18.2 Å². The Morgan fingerprint density at radius 2 is 2.05 bits per heavy atom. The van der Waals surface area contributed by atoms with Crippen molar-refractivity contribution in [2.24, 2.45) is 0 Å². The number of hydrogen-bond acceptors (Lipinski definition) is 2. The van der Waals surface area contributed by atoms with Gasteiger partial charge in [0.05, 0.1) is 6.26 Å². The van der Waals surface area contributed by atoms with Crippen molar-refractivity contribution in [3.8, 4) is 0 Å². The molecule has 2 aromatic heterocycles. The van der Waals surface area contributed by atoms with E-state index in [9.17, 15) is 4.79 Å². The maximum atomic E-state index is 12.4. The van der Waals surface area contributed by atoms with Crippen LogP contribution in [0.5, 0.6) is 0 Å². The Labute approximate surface area is 111 Å². The van der Waals surface area contributed by atoms with Gasteiger partial charge in [-0.3, -0.25) is 4.79 Å². The van der Waals surface area contributed by atoms with Crippen LogP contribution in [0.4, 0.5) is 0 Å². The summed E-state index contributed by atoms with van der Waals surface area (Å²) in [6, 6.07) is 11.6. The molecule has 0 saturated carbocycles. The molecule has 0 atom stereocenters. The molecule has 3 nitrogen and oxygen atoms in total. The molecule has 1 aromatic carbocycles. The average molecular weight is 253 g/mol. The molecule has 0 radical (unpaired) electrons. The normalized spacial score (nSPS) is 11.0. The molecule has 0 fully saturated rings. The van der Waals surface area contributed by atoms with Crippen LogP contribution in [0.3, 0.4) is 0 Å². The number of carbonyl (C=O) groups excluding carboxylic acids is 1. The molecule has 0 bridgehead atoms. The molecule has 2 heterocycles. The number of benzene rings is 1. The number of H-pyrrole nitrogens is 1. The number of Topliss-reactive ketones (excluding diaryl/α,β-unsaturated/α-hetero) is 1. The van der Waals surface area contributed by atoms with Crippen LogP contribution in [-0.4, -0.2) is 10.8 Å². The molecule has 3 rings (SSSR count). The van der Waals surface area contributed by atoms with Gasteiger partial charge in [0.1, 0.15) is 5.76 Å². The molecule has 0 amide bonds. The number of hydrogen-bond donors (Lipinski definition) is 1. The van der Waals surface area contributed by atoms with E-state index in [-0.39, 0.29) is 5.78 Å². The van der Waals surface area contributed by atoms with Crippen molar-refractivity contribution in [1.29, 1.82) is 0 Å². The summed E-state index contributed by atoms with van der Waals surface area (Å²) >= 11 is 0. The molecular formula is C16H15NO2. The minimum absolute atomic E-state index is 0.159. The first-order chi connectivity index (χ1) is 9.25. The topological polar surface area (TPSA) is 46.0 Å². The molecule has 0 aliphatic rings. The third-order valence-electron chi connectivity index (χ3n) is 3.35. The van der Waals surface area contributed by atoms with Gasteiger partial charge in [-0.25, -0.2) is 0 Å². The maximum Gasteiger partial charge on any atom is 0.165 e. The van der Waals surface area contributed by atoms with Crippen LogP contribution in [-0.2, 0) is 6.42 Å². The predicted octanol–water partition coefficient (Wildman–Crippen LogP) is 3.88. The summed E-state index contributed by atoms with van der Waals surface area (Å²) < 4.78 is 5.26. The van der Waals surface area contributed by atoms with E-state index in [4.69, 9.17) is 4.42 Å². The number of ketones is 1. The number of para-hydroxylation sites is 1. The van der Waals surface area contributed by atoms with E-state index < -0.39 is 0 Å². The van der Waals surface area contributed by atoms with Gasteiger partial charge in [-0.2, -0.15) is 0 Å². The SMILES string of the molecule is Cc1[nH]c2ccccc2c1C(=O)CCc1ccco1. The van der Waals surface area contributed by atoms with Crippen LogP contribution in [0.25, 0.3) is 10.9 Å². The summed E-state index contributed by atoms with van der Waals surface area (Å²) in [6.45, 7) is 1.94. The minimum atomic E-state index is 0.159. The highest BCUT2D eigenvalue weighted by atomic mass is 16.3. The maximum absolute atomic E-state index is 12.4. The molecule has 0 spiro atoms. The second-order valence-corrected chi connectivity index (χ2v) is 4.67. The number of fused-ring (bicyclic) bond motifs is 1. The van der Waals surface area contributed by atoms with E-state index in [1.165, 1.54) is 0 Å². The largest absolute Gasteiger partial charge is 0.469 e. The lowest BCUT2D eigenvalue weighted by atomic mass is 10.0. The van der Waals surface area contributed by atoms with E-state index in [0.29, 0.717) is 12.8 Å². The molecule has 96 valence electrons. The molecule has 3 heteroatoms. The lowest BCUT2D eigenvalue weighted by Crippen LogP contribution is -2.02. The first kappa shape index (κ1) is 11.8. The van der Waals surface area contributed by atoms with Crippen LogP contribution in [0, 0.1) is 6.92 Å². The highest BCUT2D eigenvalue weighted by Gasteiger charge is 2.15. The molecule has 19 heavy (non-hydrogen) atoms. The zero-order chi connectivity index (χ0) is 13.2. The highest BCUT2D eigenvalue weighted by Crippen LogP contribution is 2.23. The molecule has 1 N–H and O–H groups in total. The van der Waals surface area contributed by atoms with Crippen molar-refractivity contribution in [1.82, 2.24) is 4.98 Å². The van der Waals surface area contributed by atoms with E-state index in [2.05, 4.69) is 4.98 Å². The number of aromatic amines is 1. The van der Waals surface area contributed by atoms with Gasteiger partial charge in [-0.05, 0) is 25.1 Å². The summed E-state index contributed by atoms with van der Waals surface area (Å²) in [5, 5.41) is 1.00. The lowest BCUT2D eigenvalue weighted by Gasteiger charge is -2.00. The van der Waals surface area contributed by atoms with Crippen molar-refractivity contribution >= 4 is 16.7 Å². The second-order valence-electron chi connectivity index (χ2n) is 4.67. The zero-order valence-electron chi connectivity index (χ0n) is 10.8. The Kier molecular flexibility index (Phi) is 2.95. The van der Waals surface area contributed by atoms with E-state index in [1.807, 2.05) is 43.3 Å². The molecule has 0 aliphatic heterocycles. The van der Waals surface area contributed by atoms with Crippen molar-refractivity contribution in [2.45, 2.75) is 19.8 Å². The highest BCUT2D eigenvalue weighted by molar-refractivity contribution is 6.09. The molecule has 0 aliphatic carbocycles. The fourth-order valence-corrected chi connectivity index (χ4v) is 2.45. The third kappa shape index (κ3) is 2.19. The first-order valence-electron chi connectivity index (χ1n) is 6.38. The number of aromatic nitrogens is 1. The number of carbonyl (C=O) groups is 1. The van der Waals surface area contributed by atoms with Crippen LogP contribution in [0.2, 0.25) is 0 Å². The van der Waals surface area contributed by atoms with E-state index in [0.717, 1.165) is 27.9 Å². The van der Waals surface area contributed by atoms with Gasteiger partial charge in [0.15, 0.2) is 5.78 Å². The van der Waals surface area contributed by atoms with Gasteiger partial charge in [0.25, 0.3) is 0 Å². The summed E-state index contributed by atoms with van der Waals surface area (Å²) in [5.41, 5.74) is 2.76. The fourth-order valence-electron chi connectivity index (χ4n) is 2.45. The molecule has 0 saturated heterocycles. The van der Waals surface area contributed by atoms with Crippen LogP contribution < -0.4 is 0 Å². The number of aryl methyl sites for hydroxylation is 2. The van der Waals surface area contributed by atoms with Gasteiger partial charge in [0.2, 0.25) is 0 Å². The monoisotopic (exact) mass is 253 g/mol. The average Bonchev–Trinajstić information content (AvgIpc) is 3.02. The summed E-state index contributed by atoms with van der Waals surface area (Å²) in [6.07, 6.45) is 2.75. The second kappa shape index (κ2) is 4.76. The summed E-state index contributed by atoms with van der Waals surface area (Å²) in [5.74, 6) is 1.01. The molecule has 0 unspecified atom stereocenters. The fraction of sp³-hybridized carbons (Fsp3) is 0.188. The lowest BCUT2D eigenvalue weighted by molar-refractivity contribution is 0.0982. The Hall–Kier alpha value is -2.29. The van der Waals surface area contributed by atoms with Crippen molar-refractivity contribution in [3.05, 3.63) is 59.7 Å². The van der Waals surface area contributed by atoms with Gasteiger partial charge >= 0.3 is 0 Å². The van der Waals surface area contributed by atoms with Gasteiger partial charge < -0.3 is 9.40 Å². The van der Waals surface area contributed by atoms with Crippen molar-refractivity contribution < 1.29 is 9.21 Å². The van der Waals surface area contributed by atoms with E-state index in [1.54, 1.807) is 6.26 Å². The number of furan rings is 1. The van der Waals surface area contributed by atoms with Gasteiger partial charge in [0, 0.05) is 35.0 Å². The van der Waals surface area contributed by atoms with Crippen molar-refractivity contribution in [2.75, 3.05) is 0 Å². The van der Waals surface area contributed by atoms with Crippen LogP contribution in [0.1, 0.15) is 28.2 Å². The minimum Gasteiger partial charge on any atom is -0.469 e. The van der Waals surface area contributed by atoms with Gasteiger partial charge in [-0.15, -0.1) is 0 Å². The van der Waals surface area contributed by atoms with Crippen molar-refractivity contribution in [3.63, 3.8) is 0 Å². The Balaban J connectivity index is 1.87. The Morgan fingerprint density at radius 3 is 2.84 bits per heavy atom. The number of nitrogens with one attached hydrogen (secondary N) is 1. The third-order valence-corrected chi connectivity index (χ3v) is 3.35. The molecule has 3 aromatic rings.